The standard InChI is InChI=1S/C5H9O.Sn.H/c6-4-3-5-1-2-5;;/h3,5-6H,1-2,4H2;;. The molecule has 0 bridgehead atoms. The molecule has 1 saturated carbocycles. The Morgan fingerprint density at radius 2 is 2.29 bits per heavy atom. The van der Waals surface area contributed by atoms with Gasteiger partial charge < -0.3 is 0 Å². The molecule has 0 saturated heterocycles. The molecular weight excluding hydrogens is 195 g/mol. The van der Waals surface area contributed by atoms with E-state index in [-0.39, 0.29) is 0 Å². The predicted octanol–water partition coefficient (Wildman–Crippen LogP) is 0.0780. The molecule has 1 unspecified atom stereocenters. The molecule has 0 aliphatic heterocycles. The minimum atomic E-state index is 0.437. The summed E-state index contributed by atoms with van der Waals surface area (Å²) in [6, 6.07) is 0. The van der Waals surface area contributed by atoms with Gasteiger partial charge in [-0.1, -0.05) is 0 Å². The summed E-state index contributed by atoms with van der Waals surface area (Å²) in [7, 11) is 0. The van der Waals surface area contributed by atoms with Gasteiger partial charge in [-0.15, -0.1) is 0 Å². The van der Waals surface area contributed by atoms with Gasteiger partial charge in [0.1, 0.15) is 0 Å². The molecule has 0 aromatic rings. The van der Waals surface area contributed by atoms with Crippen LogP contribution in [0.25, 0.3) is 0 Å². The fourth-order valence-electron chi connectivity index (χ4n) is 0.673. The van der Waals surface area contributed by atoms with Crippen LogP contribution in [-0.4, -0.2) is 34.2 Å². The third kappa shape index (κ3) is 1.61. The molecule has 1 aliphatic carbocycles. The molecule has 1 nitrogen and oxygen atoms in total. The van der Waals surface area contributed by atoms with Crippen molar-refractivity contribution in [3.05, 3.63) is 0 Å². The van der Waals surface area contributed by atoms with Gasteiger partial charge >= 0.3 is 56.9 Å². The second-order valence-corrected chi connectivity index (χ2v) is 4.63. The van der Waals surface area contributed by atoms with Crippen molar-refractivity contribution in [1.29, 1.82) is 0 Å². The molecule has 1 fully saturated rings. The van der Waals surface area contributed by atoms with Gasteiger partial charge in [-0.25, -0.2) is 0 Å². The Bertz CT molecular complexity index is 61.1. The van der Waals surface area contributed by atoms with Gasteiger partial charge in [0, 0.05) is 0 Å². The van der Waals surface area contributed by atoms with Crippen molar-refractivity contribution in [2.75, 3.05) is 6.61 Å². The Hall–Kier alpha value is 0.759. The van der Waals surface area contributed by atoms with Crippen LogP contribution >= 0.6 is 0 Å². The van der Waals surface area contributed by atoms with Crippen LogP contribution in [0, 0.1) is 5.92 Å². The molecule has 0 spiro atoms. The molecule has 0 amide bonds. The van der Waals surface area contributed by atoms with Crippen LogP contribution in [0.1, 0.15) is 12.8 Å². The second-order valence-electron chi connectivity index (χ2n) is 2.18. The van der Waals surface area contributed by atoms with Gasteiger partial charge in [-0.2, -0.15) is 0 Å². The number of aliphatic hydroxyl groups excluding tert-OH is 1. The molecule has 0 heterocycles. The van der Waals surface area contributed by atoms with Crippen LogP contribution in [0.5, 0.6) is 0 Å². The van der Waals surface area contributed by atoms with Crippen molar-refractivity contribution in [2.45, 2.75) is 16.8 Å². The fourth-order valence-corrected chi connectivity index (χ4v) is 1.77. The van der Waals surface area contributed by atoms with Crippen LogP contribution in [0.2, 0.25) is 3.93 Å². The SMILES string of the molecule is OC[CH]([SnH])C1CC1. The quantitative estimate of drug-likeness (QED) is 0.632. The zero-order valence-electron chi connectivity index (χ0n) is 4.30. The third-order valence-electron chi connectivity index (χ3n) is 1.44. The van der Waals surface area contributed by atoms with Gasteiger partial charge in [-0.05, 0) is 0 Å². The van der Waals surface area contributed by atoms with Crippen LogP contribution in [0.3, 0.4) is 0 Å². The summed E-state index contributed by atoms with van der Waals surface area (Å²) in [5, 5.41) is 8.58. The Balaban J connectivity index is 2.10. The molecule has 40 valence electrons. The van der Waals surface area contributed by atoms with E-state index in [0.29, 0.717) is 10.5 Å². The van der Waals surface area contributed by atoms with Crippen LogP contribution in [-0.2, 0) is 0 Å². The molecule has 0 aromatic heterocycles. The first-order valence-corrected chi connectivity index (χ1v) is 4.61. The van der Waals surface area contributed by atoms with E-state index in [2.05, 4.69) is 0 Å². The molecule has 1 aliphatic rings. The summed E-state index contributed by atoms with van der Waals surface area (Å²) in [5.41, 5.74) is 0. The average Bonchev–Trinajstić information content (AvgIpc) is 2.44. The normalized spacial score (nSPS) is 24.9. The van der Waals surface area contributed by atoms with Gasteiger partial charge in [0.15, 0.2) is 0 Å². The van der Waals surface area contributed by atoms with Gasteiger partial charge in [0.05, 0.1) is 0 Å². The van der Waals surface area contributed by atoms with Crippen molar-refractivity contribution < 1.29 is 5.11 Å². The Labute approximate surface area is 57.2 Å². The summed E-state index contributed by atoms with van der Waals surface area (Å²) in [5.74, 6) is 0.924. The van der Waals surface area contributed by atoms with E-state index in [1.807, 2.05) is 0 Å². The summed E-state index contributed by atoms with van der Waals surface area (Å²) < 4.78 is 0.699. The molecular formula is C5H10OSn. The molecule has 7 heavy (non-hydrogen) atoms. The Morgan fingerprint density at radius 3 is 2.43 bits per heavy atom. The van der Waals surface area contributed by atoms with E-state index in [9.17, 15) is 0 Å². The first-order valence-electron chi connectivity index (χ1n) is 2.71. The van der Waals surface area contributed by atoms with E-state index >= 15 is 0 Å². The van der Waals surface area contributed by atoms with E-state index in [4.69, 9.17) is 5.11 Å². The monoisotopic (exact) mass is 206 g/mol. The zero-order chi connectivity index (χ0) is 5.28. The second kappa shape index (κ2) is 2.35. The van der Waals surface area contributed by atoms with E-state index in [1.54, 1.807) is 0 Å². The Kier molecular flexibility index (Phi) is 1.98. The van der Waals surface area contributed by atoms with Crippen molar-refractivity contribution in [2.24, 2.45) is 5.92 Å². The summed E-state index contributed by atoms with van der Waals surface area (Å²) in [6.45, 7) is 0.437. The van der Waals surface area contributed by atoms with E-state index < -0.39 is 0 Å². The number of hydrogen-bond acceptors (Lipinski definition) is 1. The topological polar surface area (TPSA) is 20.2 Å². The van der Waals surface area contributed by atoms with Gasteiger partial charge in [0.25, 0.3) is 0 Å². The Morgan fingerprint density at radius 1 is 1.71 bits per heavy atom. The van der Waals surface area contributed by atoms with Crippen LogP contribution < -0.4 is 0 Å². The molecule has 1 N–H and O–H groups in total. The van der Waals surface area contributed by atoms with Crippen molar-refractivity contribution in [1.82, 2.24) is 0 Å². The molecule has 2 radical (unpaired) electrons. The van der Waals surface area contributed by atoms with Gasteiger partial charge in [-0.3, -0.25) is 0 Å². The molecule has 1 atom stereocenters. The maximum atomic E-state index is 8.58. The fraction of sp³-hybridized carbons (Fsp3) is 1.00. The van der Waals surface area contributed by atoms with Gasteiger partial charge in [0.2, 0.25) is 0 Å². The van der Waals surface area contributed by atoms with Crippen molar-refractivity contribution >= 4 is 22.5 Å². The number of rotatable bonds is 2. The summed E-state index contributed by atoms with van der Waals surface area (Å²) >= 11 is 1.25. The summed E-state index contributed by atoms with van der Waals surface area (Å²) in [6.07, 6.45) is 2.76. The molecule has 0 aromatic carbocycles. The molecule has 2 heteroatoms. The average molecular weight is 205 g/mol. The van der Waals surface area contributed by atoms with Crippen molar-refractivity contribution in [3.63, 3.8) is 0 Å². The first kappa shape index (κ1) is 5.89. The first-order chi connectivity index (χ1) is 3.34. The number of aliphatic hydroxyl groups is 1. The minimum absolute atomic E-state index is 0.437. The predicted molar refractivity (Wildman–Crippen MR) is 30.7 cm³/mol. The maximum absolute atomic E-state index is 8.58. The zero-order valence-corrected chi connectivity index (χ0v) is 7.60. The van der Waals surface area contributed by atoms with Crippen LogP contribution in [0.15, 0.2) is 0 Å². The van der Waals surface area contributed by atoms with Crippen molar-refractivity contribution in [3.8, 4) is 0 Å². The van der Waals surface area contributed by atoms with E-state index in [0.717, 1.165) is 5.92 Å². The number of hydrogen-bond donors (Lipinski definition) is 1. The molecule has 1 rings (SSSR count). The van der Waals surface area contributed by atoms with Crippen LogP contribution in [0.4, 0.5) is 0 Å². The van der Waals surface area contributed by atoms with E-state index in [1.165, 1.54) is 35.4 Å². The summed E-state index contributed by atoms with van der Waals surface area (Å²) in [4.78, 5) is 0. The third-order valence-corrected chi connectivity index (χ3v) is 3.59.